The lowest BCUT2D eigenvalue weighted by Crippen LogP contribution is -2.55. The highest BCUT2D eigenvalue weighted by molar-refractivity contribution is 5.96. The van der Waals surface area contributed by atoms with Gasteiger partial charge in [0.1, 0.15) is 18.0 Å². The Balaban J connectivity index is 1.74. The molecule has 4 rings (SSSR count). The van der Waals surface area contributed by atoms with Crippen LogP contribution in [0.2, 0.25) is 0 Å². The topological polar surface area (TPSA) is 108 Å². The number of methoxy groups -OCH3 is 1. The minimum Gasteiger partial charge on any atom is -0.486 e. The largest absolute Gasteiger partial charge is 0.486 e. The van der Waals surface area contributed by atoms with Crippen molar-refractivity contribution in [2.24, 2.45) is 0 Å². The molecule has 1 aliphatic heterocycles. The molecule has 2 aromatic rings. The summed E-state index contributed by atoms with van der Waals surface area (Å²) in [5.41, 5.74) is 2.13. The number of para-hydroxylation sites is 1. The van der Waals surface area contributed by atoms with Crippen molar-refractivity contribution in [3.63, 3.8) is 0 Å². The van der Waals surface area contributed by atoms with Crippen molar-refractivity contribution in [1.82, 2.24) is 10.2 Å². The Morgan fingerprint density at radius 3 is 2.59 bits per heavy atom. The Morgan fingerprint density at radius 2 is 1.85 bits per heavy atom. The summed E-state index contributed by atoms with van der Waals surface area (Å²) in [5.74, 6) is -0.424. The molecule has 0 saturated heterocycles. The highest BCUT2D eigenvalue weighted by Gasteiger charge is 2.50. The van der Waals surface area contributed by atoms with Crippen molar-refractivity contribution in [3.05, 3.63) is 77.4 Å². The van der Waals surface area contributed by atoms with Crippen LogP contribution in [0.1, 0.15) is 23.5 Å². The van der Waals surface area contributed by atoms with Gasteiger partial charge in [0.25, 0.3) is 0 Å². The zero-order valence-electron chi connectivity index (χ0n) is 19.1. The highest BCUT2D eigenvalue weighted by atomic mass is 16.5. The summed E-state index contributed by atoms with van der Waals surface area (Å²) in [6, 6.07) is 16.1. The smallest absolute Gasteiger partial charge is 0.247 e. The van der Waals surface area contributed by atoms with Gasteiger partial charge in [0.05, 0.1) is 31.6 Å². The number of carbonyl (C=O) groups is 2. The highest BCUT2D eigenvalue weighted by Crippen LogP contribution is 2.47. The maximum absolute atomic E-state index is 13.2. The van der Waals surface area contributed by atoms with E-state index in [1.807, 2.05) is 54.6 Å². The maximum Gasteiger partial charge on any atom is 0.247 e. The van der Waals surface area contributed by atoms with Gasteiger partial charge in [-0.3, -0.25) is 9.59 Å². The molecule has 180 valence electrons. The monoisotopic (exact) mass is 466 g/mol. The molecule has 0 spiro atoms. The number of fused-ring (bicyclic) bond motifs is 3. The van der Waals surface area contributed by atoms with Crippen molar-refractivity contribution in [2.45, 2.75) is 37.1 Å². The summed E-state index contributed by atoms with van der Waals surface area (Å²) in [6.45, 7) is 0.414. The van der Waals surface area contributed by atoms with Crippen molar-refractivity contribution in [2.75, 3.05) is 26.9 Å². The first-order valence-corrected chi connectivity index (χ1v) is 11.4. The number of nitrogens with zero attached hydrogens (tertiary/aromatic N) is 1. The zero-order valence-corrected chi connectivity index (χ0v) is 19.1. The van der Waals surface area contributed by atoms with E-state index in [9.17, 15) is 19.8 Å². The lowest BCUT2D eigenvalue weighted by Gasteiger charge is -2.40. The quantitative estimate of drug-likeness (QED) is 0.515. The van der Waals surface area contributed by atoms with Gasteiger partial charge in [0.15, 0.2) is 0 Å². The minimum absolute atomic E-state index is 0.101. The number of ether oxygens (including phenoxy) is 2. The molecular formula is C26H30N2O6. The molecule has 2 amide bonds. The van der Waals surface area contributed by atoms with E-state index in [-0.39, 0.29) is 44.5 Å². The Bertz CT molecular complexity index is 1040. The SMILES string of the molecule is COCCC(=O)N(Cc1ccccc1)C1C=C(C(=O)NCCO)C2c3ccccc3OC2C1O. The molecule has 0 radical (unpaired) electrons. The summed E-state index contributed by atoms with van der Waals surface area (Å²) in [6.07, 6.45) is 0.0389. The molecule has 0 aromatic heterocycles. The van der Waals surface area contributed by atoms with Crippen molar-refractivity contribution in [1.29, 1.82) is 0 Å². The fourth-order valence-electron chi connectivity index (χ4n) is 4.66. The molecule has 4 unspecified atom stereocenters. The van der Waals surface area contributed by atoms with Gasteiger partial charge in [-0.15, -0.1) is 0 Å². The second-order valence-corrected chi connectivity index (χ2v) is 8.43. The number of aliphatic hydroxyl groups excluding tert-OH is 2. The van der Waals surface area contributed by atoms with Gasteiger partial charge >= 0.3 is 0 Å². The standard InChI is InChI=1S/C26H30N2O6/c1-33-14-11-22(30)28(16-17-7-3-2-4-8-17)20-15-19(26(32)27-12-13-29)23-18-9-5-6-10-21(18)34-25(23)24(20)31/h2-10,15,20,23-25,29,31H,11-14,16H2,1H3,(H,27,32). The van der Waals surface area contributed by atoms with Crippen LogP contribution in [0.15, 0.2) is 66.2 Å². The summed E-state index contributed by atoms with van der Waals surface area (Å²) in [4.78, 5) is 28.0. The number of amides is 2. The first-order chi connectivity index (χ1) is 16.5. The summed E-state index contributed by atoms with van der Waals surface area (Å²) < 4.78 is 11.2. The van der Waals surface area contributed by atoms with E-state index in [2.05, 4.69) is 5.32 Å². The van der Waals surface area contributed by atoms with E-state index in [1.54, 1.807) is 11.0 Å². The second kappa shape index (κ2) is 10.8. The molecule has 0 bridgehead atoms. The number of rotatable bonds is 9. The zero-order chi connectivity index (χ0) is 24.1. The van der Waals surface area contributed by atoms with Crippen molar-refractivity contribution in [3.8, 4) is 5.75 Å². The van der Waals surface area contributed by atoms with Crippen LogP contribution in [0.3, 0.4) is 0 Å². The van der Waals surface area contributed by atoms with Crippen LogP contribution in [-0.4, -0.2) is 72.0 Å². The summed E-state index contributed by atoms with van der Waals surface area (Å²) in [5, 5.41) is 23.4. The molecule has 34 heavy (non-hydrogen) atoms. The van der Waals surface area contributed by atoms with E-state index in [0.717, 1.165) is 11.1 Å². The lowest BCUT2D eigenvalue weighted by atomic mass is 9.77. The van der Waals surface area contributed by atoms with Gasteiger partial charge in [-0.25, -0.2) is 0 Å². The number of aliphatic hydroxyl groups is 2. The number of benzene rings is 2. The first-order valence-electron chi connectivity index (χ1n) is 11.4. The minimum atomic E-state index is -1.05. The van der Waals surface area contributed by atoms with Crippen molar-refractivity contribution < 1.29 is 29.3 Å². The second-order valence-electron chi connectivity index (χ2n) is 8.43. The van der Waals surface area contributed by atoms with Crippen LogP contribution < -0.4 is 10.1 Å². The Labute approximate surface area is 198 Å². The van der Waals surface area contributed by atoms with Crippen LogP contribution >= 0.6 is 0 Å². The molecule has 1 aliphatic carbocycles. The predicted molar refractivity (Wildman–Crippen MR) is 125 cm³/mol. The van der Waals surface area contributed by atoms with E-state index in [4.69, 9.17) is 9.47 Å². The fourth-order valence-corrected chi connectivity index (χ4v) is 4.66. The molecule has 8 nitrogen and oxygen atoms in total. The molecule has 8 heteroatoms. The van der Waals surface area contributed by atoms with Crippen LogP contribution in [0.25, 0.3) is 0 Å². The van der Waals surface area contributed by atoms with Crippen molar-refractivity contribution >= 4 is 11.8 Å². The molecule has 0 fully saturated rings. The number of hydrogen-bond donors (Lipinski definition) is 3. The van der Waals surface area contributed by atoms with E-state index >= 15 is 0 Å². The fraction of sp³-hybridized carbons (Fsp3) is 0.385. The third-order valence-electron chi connectivity index (χ3n) is 6.27. The number of carbonyl (C=O) groups excluding carboxylic acids is 2. The summed E-state index contributed by atoms with van der Waals surface area (Å²) in [7, 11) is 1.53. The predicted octanol–water partition coefficient (Wildman–Crippen LogP) is 1.37. The van der Waals surface area contributed by atoms with Gasteiger partial charge in [-0.05, 0) is 17.7 Å². The Morgan fingerprint density at radius 1 is 1.12 bits per heavy atom. The van der Waals surface area contributed by atoms with Crippen LogP contribution in [0.5, 0.6) is 5.75 Å². The van der Waals surface area contributed by atoms with Gasteiger partial charge in [0.2, 0.25) is 11.8 Å². The van der Waals surface area contributed by atoms with Gasteiger partial charge in [0, 0.05) is 31.3 Å². The number of nitrogens with one attached hydrogen (secondary N) is 1. The van der Waals surface area contributed by atoms with E-state index in [0.29, 0.717) is 11.3 Å². The molecule has 1 heterocycles. The molecule has 2 aliphatic rings. The molecule has 2 aromatic carbocycles. The third kappa shape index (κ3) is 4.84. The molecular weight excluding hydrogens is 436 g/mol. The summed E-state index contributed by atoms with van der Waals surface area (Å²) >= 11 is 0. The van der Waals surface area contributed by atoms with E-state index in [1.165, 1.54) is 7.11 Å². The van der Waals surface area contributed by atoms with Gasteiger partial charge in [-0.2, -0.15) is 0 Å². The molecule has 4 atom stereocenters. The third-order valence-corrected chi connectivity index (χ3v) is 6.27. The van der Waals surface area contributed by atoms with Crippen LogP contribution in [-0.2, 0) is 20.9 Å². The average Bonchev–Trinajstić information content (AvgIpc) is 3.26. The average molecular weight is 467 g/mol. The van der Waals surface area contributed by atoms with Crippen LogP contribution in [0, 0.1) is 0 Å². The first kappa shape index (κ1) is 23.9. The molecule has 3 N–H and O–H groups in total. The maximum atomic E-state index is 13.2. The number of hydrogen-bond acceptors (Lipinski definition) is 6. The Kier molecular flexibility index (Phi) is 7.62. The lowest BCUT2D eigenvalue weighted by molar-refractivity contribution is -0.139. The molecule has 0 saturated carbocycles. The normalized spacial score (nSPS) is 22.7. The van der Waals surface area contributed by atoms with E-state index < -0.39 is 24.2 Å². The van der Waals surface area contributed by atoms with Crippen LogP contribution in [0.4, 0.5) is 0 Å². The Hall–Kier alpha value is -3.20. The van der Waals surface area contributed by atoms with Gasteiger partial charge in [-0.1, -0.05) is 48.5 Å². The van der Waals surface area contributed by atoms with Gasteiger partial charge < -0.3 is 29.9 Å².